The maximum atomic E-state index is 11.2. The van der Waals surface area contributed by atoms with Gasteiger partial charge in [-0.15, -0.1) is 0 Å². The van der Waals surface area contributed by atoms with E-state index in [1.54, 1.807) is 12.1 Å². The van der Waals surface area contributed by atoms with Crippen molar-refractivity contribution < 1.29 is 9.90 Å². The Balaban J connectivity index is 2.81. The van der Waals surface area contributed by atoms with Crippen molar-refractivity contribution in [1.29, 1.82) is 0 Å². The maximum Gasteiger partial charge on any atom is 0.335 e. The van der Waals surface area contributed by atoms with Gasteiger partial charge in [0.05, 0.1) is 5.56 Å². The van der Waals surface area contributed by atoms with Gasteiger partial charge in [-0.05, 0) is 45.2 Å². The normalized spacial score (nSPS) is 12.9. The van der Waals surface area contributed by atoms with Crippen LogP contribution in [0.15, 0.2) is 59.7 Å². The van der Waals surface area contributed by atoms with Gasteiger partial charge >= 0.3 is 5.97 Å². The van der Waals surface area contributed by atoms with Crippen LogP contribution in [0.1, 0.15) is 43.1 Å². The van der Waals surface area contributed by atoms with Crippen LogP contribution >= 0.6 is 0 Å². The standard InChI is InChI=1S/C18H22O2/c1-4-8-14(3)13-15(5-2)11-12-16-9-6-7-10-17(16)18(19)20/h4-10,13H,11-12H2,1-3H3,(H,19,20)/b8-4+,14-13-,15-5-. The van der Waals surface area contributed by atoms with E-state index in [2.05, 4.69) is 25.2 Å². The van der Waals surface area contributed by atoms with Crippen LogP contribution in [-0.2, 0) is 6.42 Å². The van der Waals surface area contributed by atoms with Gasteiger partial charge in [-0.1, -0.05) is 53.6 Å². The van der Waals surface area contributed by atoms with Gasteiger partial charge in [0, 0.05) is 0 Å². The zero-order chi connectivity index (χ0) is 15.0. The van der Waals surface area contributed by atoms with Crippen molar-refractivity contribution in [1.82, 2.24) is 0 Å². The molecule has 2 nitrogen and oxygen atoms in total. The summed E-state index contributed by atoms with van der Waals surface area (Å²) in [4.78, 5) is 11.2. The minimum atomic E-state index is -0.858. The molecule has 1 aromatic carbocycles. The zero-order valence-electron chi connectivity index (χ0n) is 12.4. The summed E-state index contributed by atoms with van der Waals surface area (Å²) in [6.07, 6.45) is 9.88. The van der Waals surface area contributed by atoms with Crippen molar-refractivity contribution in [3.63, 3.8) is 0 Å². The molecular weight excluding hydrogens is 248 g/mol. The molecule has 20 heavy (non-hydrogen) atoms. The summed E-state index contributed by atoms with van der Waals surface area (Å²) in [6, 6.07) is 7.20. The smallest absolute Gasteiger partial charge is 0.335 e. The summed E-state index contributed by atoms with van der Waals surface area (Å²) in [5, 5.41) is 9.17. The molecule has 0 spiro atoms. The van der Waals surface area contributed by atoms with Crippen LogP contribution in [0.4, 0.5) is 0 Å². The van der Waals surface area contributed by atoms with E-state index < -0.39 is 5.97 Å². The molecule has 1 rings (SSSR count). The van der Waals surface area contributed by atoms with Crippen LogP contribution in [0.5, 0.6) is 0 Å². The molecule has 0 fully saturated rings. The van der Waals surface area contributed by atoms with Gasteiger partial charge in [0.15, 0.2) is 0 Å². The lowest BCUT2D eigenvalue weighted by Crippen LogP contribution is -2.02. The lowest BCUT2D eigenvalue weighted by atomic mass is 9.98. The van der Waals surface area contributed by atoms with Crippen LogP contribution in [-0.4, -0.2) is 11.1 Å². The molecule has 0 bridgehead atoms. The predicted molar refractivity (Wildman–Crippen MR) is 84.1 cm³/mol. The fourth-order valence-corrected chi connectivity index (χ4v) is 2.13. The number of carboxylic acids is 1. The molecule has 0 aliphatic carbocycles. The van der Waals surface area contributed by atoms with Crippen molar-refractivity contribution >= 4 is 5.97 Å². The Morgan fingerprint density at radius 2 is 1.95 bits per heavy atom. The fraction of sp³-hybridized carbons (Fsp3) is 0.278. The van der Waals surface area contributed by atoms with Gasteiger partial charge in [-0.25, -0.2) is 4.79 Å². The Bertz CT molecular complexity index is 548. The third kappa shape index (κ3) is 4.88. The summed E-state index contributed by atoms with van der Waals surface area (Å²) in [5.41, 5.74) is 3.71. The number of hydrogen-bond donors (Lipinski definition) is 1. The molecule has 0 saturated carbocycles. The van der Waals surface area contributed by atoms with Crippen molar-refractivity contribution in [3.05, 3.63) is 70.8 Å². The lowest BCUT2D eigenvalue weighted by Gasteiger charge is -2.07. The largest absolute Gasteiger partial charge is 0.478 e. The highest BCUT2D eigenvalue weighted by atomic mass is 16.4. The zero-order valence-corrected chi connectivity index (χ0v) is 12.4. The minimum Gasteiger partial charge on any atom is -0.478 e. The highest BCUT2D eigenvalue weighted by Crippen LogP contribution is 2.16. The number of allylic oxidation sites excluding steroid dienone is 6. The van der Waals surface area contributed by atoms with Crippen LogP contribution in [0, 0.1) is 0 Å². The first-order valence-electron chi connectivity index (χ1n) is 6.85. The number of carboxylic acid groups (broad SMARTS) is 1. The molecule has 0 heterocycles. The van der Waals surface area contributed by atoms with E-state index in [1.807, 2.05) is 32.1 Å². The third-order valence-corrected chi connectivity index (χ3v) is 3.14. The van der Waals surface area contributed by atoms with E-state index in [1.165, 1.54) is 11.1 Å². The number of hydrogen-bond acceptors (Lipinski definition) is 1. The number of aromatic carboxylic acids is 1. The van der Waals surface area contributed by atoms with E-state index in [0.29, 0.717) is 5.56 Å². The molecule has 0 radical (unpaired) electrons. The number of benzene rings is 1. The molecule has 0 aromatic heterocycles. The first-order chi connectivity index (χ1) is 9.58. The summed E-state index contributed by atoms with van der Waals surface area (Å²) >= 11 is 0. The van der Waals surface area contributed by atoms with Gasteiger partial charge in [0.1, 0.15) is 0 Å². The quantitative estimate of drug-likeness (QED) is 0.755. The van der Waals surface area contributed by atoms with Gasteiger partial charge in [-0.2, -0.15) is 0 Å². The van der Waals surface area contributed by atoms with Crippen molar-refractivity contribution in [2.45, 2.75) is 33.6 Å². The van der Waals surface area contributed by atoms with Crippen LogP contribution in [0.2, 0.25) is 0 Å². The molecule has 0 aliphatic heterocycles. The van der Waals surface area contributed by atoms with Crippen molar-refractivity contribution in [3.8, 4) is 0 Å². The molecular formula is C18H22O2. The van der Waals surface area contributed by atoms with E-state index in [4.69, 9.17) is 5.11 Å². The number of rotatable bonds is 6. The van der Waals surface area contributed by atoms with Crippen LogP contribution in [0.25, 0.3) is 0 Å². The Kier molecular flexibility index (Phi) is 6.51. The van der Waals surface area contributed by atoms with E-state index >= 15 is 0 Å². The first-order valence-corrected chi connectivity index (χ1v) is 6.85. The average Bonchev–Trinajstić information content (AvgIpc) is 2.43. The van der Waals surface area contributed by atoms with Crippen molar-refractivity contribution in [2.75, 3.05) is 0 Å². The van der Waals surface area contributed by atoms with Crippen molar-refractivity contribution in [2.24, 2.45) is 0 Å². The average molecular weight is 270 g/mol. The van der Waals surface area contributed by atoms with Gasteiger partial charge in [-0.3, -0.25) is 0 Å². The molecule has 0 aliphatic rings. The molecule has 0 unspecified atom stereocenters. The van der Waals surface area contributed by atoms with E-state index in [9.17, 15) is 4.79 Å². The highest BCUT2D eigenvalue weighted by Gasteiger charge is 2.08. The van der Waals surface area contributed by atoms with Crippen LogP contribution < -0.4 is 0 Å². The molecule has 106 valence electrons. The van der Waals surface area contributed by atoms with Gasteiger partial charge < -0.3 is 5.11 Å². The second-order valence-electron chi connectivity index (χ2n) is 4.71. The molecule has 0 saturated heterocycles. The summed E-state index contributed by atoms with van der Waals surface area (Å²) in [7, 11) is 0. The predicted octanol–water partition coefficient (Wildman–Crippen LogP) is 4.79. The fourth-order valence-electron chi connectivity index (χ4n) is 2.13. The Morgan fingerprint density at radius 3 is 2.55 bits per heavy atom. The SMILES string of the molecule is C\C=C(/C=C(C)\C=C\C)CCc1ccccc1C(=O)O. The number of carbonyl (C=O) groups is 1. The molecule has 0 atom stereocenters. The monoisotopic (exact) mass is 270 g/mol. The first kappa shape index (κ1) is 16.0. The maximum absolute atomic E-state index is 11.2. The van der Waals surface area contributed by atoms with Gasteiger partial charge in [0.2, 0.25) is 0 Å². The lowest BCUT2D eigenvalue weighted by molar-refractivity contribution is 0.0695. The van der Waals surface area contributed by atoms with Gasteiger partial charge in [0.25, 0.3) is 0 Å². The minimum absolute atomic E-state index is 0.400. The summed E-state index contributed by atoms with van der Waals surface area (Å²) < 4.78 is 0. The van der Waals surface area contributed by atoms with E-state index in [-0.39, 0.29) is 0 Å². The molecule has 2 heteroatoms. The third-order valence-electron chi connectivity index (χ3n) is 3.14. The number of aryl methyl sites for hydroxylation is 1. The Labute approximate surface area is 121 Å². The Morgan fingerprint density at radius 1 is 1.25 bits per heavy atom. The van der Waals surface area contributed by atoms with Crippen LogP contribution in [0.3, 0.4) is 0 Å². The second kappa shape index (κ2) is 8.16. The van der Waals surface area contributed by atoms with E-state index in [0.717, 1.165) is 18.4 Å². The second-order valence-corrected chi connectivity index (χ2v) is 4.71. The summed E-state index contributed by atoms with van der Waals surface area (Å²) in [6.45, 7) is 6.07. The molecule has 1 N–H and O–H groups in total. The topological polar surface area (TPSA) is 37.3 Å². The highest BCUT2D eigenvalue weighted by molar-refractivity contribution is 5.89. The molecule has 0 amide bonds. The summed E-state index contributed by atoms with van der Waals surface area (Å²) in [5.74, 6) is -0.858. The molecule has 1 aromatic rings. The Hall–Kier alpha value is -2.09.